The van der Waals surface area contributed by atoms with Crippen molar-refractivity contribution in [2.75, 3.05) is 19.6 Å². The van der Waals surface area contributed by atoms with Gasteiger partial charge in [-0.1, -0.05) is 0 Å². The summed E-state index contributed by atoms with van der Waals surface area (Å²) in [6, 6.07) is -0.239. The summed E-state index contributed by atoms with van der Waals surface area (Å²) in [6.45, 7) is 2.66. The van der Waals surface area contributed by atoms with Crippen molar-refractivity contribution in [3.63, 3.8) is 0 Å². The van der Waals surface area contributed by atoms with E-state index in [1.165, 1.54) is 0 Å². The number of piperidine rings is 1. The maximum atomic E-state index is 14.7. The second-order valence-corrected chi connectivity index (χ2v) is 7.29. The number of hydrogen-bond acceptors (Lipinski definition) is 4. The van der Waals surface area contributed by atoms with Gasteiger partial charge in [0, 0.05) is 18.5 Å². The minimum Gasteiger partial charge on any atom is -0.311 e. The summed E-state index contributed by atoms with van der Waals surface area (Å²) in [4.78, 5) is 0. The first kappa shape index (κ1) is 18.4. The molecule has 24 heavy (non-hydrogen) atoms. The van der Waals surface area contributed by atoms with Gasteiger partial charge in [-0.15, -0.1) is 13.2 Å². The monoisotopic (exact) mass is 353 g/mol. The van der Waals surface area contributed by atoms with Gasteiger partial charge >= 0.3 is 6.36 Å². The number of hydrogen-bond donors (Lipinski definition) is 3. The predicted molar refractivity (Wildman–Crippen MR) is 82.1 cm³/mol. The highest BCUT2D eigenvalue weighted by Crippen LogP contribution is 2.36. The Morgan fingerprint density at radius 2 is 1.54 bits per heavy atom. The van der Waals surface area contributed by atoms with Crippen molar-refractivity contribution >= 4 is 0 Å². The molecule has 0 aromatic carbocycles. The van der Waals surface area contributed by atoms with Crippen LogP contribution in [0.2, 0.25) is 0 Å². The Labute approximate surface area is 140 Å². The van der Waals surface area contributed by atoms with E-state index in [0.717, 1.165) is 26.1 Å². The first-order valence-electron chi connectivity index (χ1n) is 9.01. The molecule has 0 amide bonds. The Bertz CT molecular complexity index is 395. The van der Waals surface area contributed by atoms with Gasteiger partial charge in [-0.2, -0.15) is 0 Å². The lowest BCUT2D eigenvalue weighted by atomic mass is 9.77. The lowest BCUT2D eigenvalue weighted by Crippen LogP contribution is -2.60. The minimum atomic E-state index is -4.57. The number of rotatable bonds is 3. The van der Waals surface area contributed by atoms with Gasteiger partial charge in [0.1, 0.15) is 6.17 Å². The van der Waals surface area contributed by atoms with E-state index in [9.17, 15) is 17.6 Å². The number of ether oxygens (including phenoxy) is 1. The SMILES string of the molecule is FC1CC(C2NCCCN2)CNC1C1CCC(OC(F)(F)F)CC1. The zero-order chi connectivity index (χ0) is 17.2. The van der Waals surface area contributed by atoms with Crippen LogP contribution in [-0.2, 0) is 4.74 Å². The average molecular weight is 353 g/mol. The zero-order valence-corrected chi connectivity index (χ0v) is 13.7. The van der Waals surface area contributed by atoms with E-state index in [1.807, 2.05) is 0 Å². The first-order chi connectivity index (χ1) is 11.4. The smallest absolute Gasteiger partial charge is 0.311 e. The molecule has 3 N–H and O–H groups in total. The summed E-state index contributed by atoms with van der Waals surface area (Å²) in [6.07, 6.45) is -2.67. The van der Waals surface area contributed by atoms with Crippen LogP contribution >= 0.6 is 0 Å². The predicted octanol–water partition coefficient (Wildman–Crippen LogP) is 2.31. The van der Waals surface area contributed by atoms with Gasteiger partial charge < -0.3 is 16.0 Å². The van der Waals surface area contributed by atoms with Crippen LogP contribution in [0.4, 0.5) is 17.6 Å². The van der Waals surface area contributed by atoms with Gasteiger partial charge in [0.25, 0.3) is 0 Å². The molecule has 3 atom stereocenters. The normalized spacial score (nSPS) is 39.8. The molecule has 3 fully saturated rings. The van der Waals surface area contributed by atoms with Crippen LogP contribution in [0, 0.1) is 11.8 Å². The molecule has 2 heterocycles. The average Bonchev–Trinajstić information content (AvgIpc) is 2.55. The Kier molecular flexibility index (Phi) is 6.00. The summed E-state index contributed by atoms with van der Waals surface area (Å²) in [5.41, 5.74) is 0. The Balaban J connectivity index is 1.45. The summed E-state index contributed by atoms with van der Waals surface area (Å²) < 4.78 is 55.6. The highest BCUT2D eigenvalue weighted by molar-refractivity contribution is 4.95. The summed E-state index contributed by atoms with van der Waals surface area (Å²) in [7, 11) is 0. The fraction of sp³-hybridized carbons (Fsp3) is 1.00. The van der Waals surface area contributed by atoms with Crippen molar-refractivity contribution in [1.29, 1.82) is 0 Å². The quantitative estimate of drug-likeness (QED) is 0.682. The highest BCUT2D eigenvalue weighted by atomic mass is 19.4. The Morgan fingerprint density at radius 1 is 0.875 bits per heavy atom. The van der Waals surface area contributed by atoms with Crippen LogP contribution in [0.15, 0.2) is 0 Å². The molecule has 1 saturated carbocycles. The summed E-state index contributed by atoms with van der Waals surface area (Å²) in [5, 5.41) is 10.1. The van der Waals surface area contributed by atoms with Crippen molar-refractivity contribution in [2.24, 2.45) is 11.8 Å². The standard InChI is InChI=1S/C16H27F4N3O/c17-13-8-11(15-21-6-1-7-22-15)9-23-14(13)10-2-4-12(5-3-10)24-16(18,19)20/h10-15,21-23H,1-9H2. The van der Waals surface area contributed by atoms with Crippen molar-refractivity contribution in [2.45, 2.75) is 69.4 Å². The molecule has 1 aliphatic carbocycles. The first-order valence-corrected chi connectivity index (χ1v) is 9.01. The van der Waals surface area contributed by atoms with Crippen LogP contribution in [0.1, 0.15) is 38.5 Å². The van der Waals surface area contributed by atoms with Gasteiger partial charge in [0.2, 0.25) is 0 Å². The minimum absolute atomic E-state index is 0.0984. The van der Waals surface area contributed by atoms with Crippen molar-refractivity contribution in [3.05, 3.63) is 0 Å². The molecule has 8 heteroatoms. The van der Waals surface area contributed by atoms with Gasteiger partial charge in [0.15, 0.2) is 0 Å². The summed E-state index contributed by atoms with van der Waals surface area (Å²) in [5.74, 6) is 0.308. The third-order valence-corrected chi connectivity index (χ3v) is 5.61. The largest absolute Gasteiger partial charge is 0.522 e. The van der Waals surface area contributed by atoms with Crippen LogP contribution in [-0.4, -0.2) is 50.5 Å². The Morgan fingerprint density at radius 3 is 2.12 bits per heavy atom. The van der Waals surface area contributed by atoms with Gasteiger partial charge in [0.05, 0.1) is 12.3 Å². The van der Waals surface area contributed by atoms with Gasteiger partial charge in [-0.25, -0.2) is 4.39 Å². The van der Waals surface area contributed by atoms with Gasteiger partial charge in [-0.05, 0) is 57.5 Å². The van der Waals surface area contributed by atoms with E-state index >= 15 is 0 Å². The van der Waals surface area contributed by atoms with Crippen LogP contribution < -0.4 is 16.0 Å². The third kappa shape index (κ3) is 4.80. The lowest BCUT2D eigenvalue weighted by molar-refractivity contribution is -0.345. The van der Waals surface area contributed by atoms with Crippen LogP contribution in [0.3, 0.4) is 0 Å². The second-order valence-electron chi connectivity index (χ2n) is 7.29. The van der Waals surface area contributed by atoms with Gasteiger partial charge in [-0.3, -0.25) is 4.74 Å². The van der Waals surface area contributed by atoms with E-state index in [4.69, 9.17) is 0 Å². The molecule has 2 saturated heterocycles. The maximum absolute atomic E-state index is 14.7. The molecule has 0 aromatic rings. The molecule has 2 aliphatic heterocycles. The zero-order valence-electron chi connectivity index (χ0n) is 13.7. The molecular weight excluding hydrogens is 326 g/mol. The topological polar surface area (TPSA) is 45.3 Å². The molecule has 3 rings (SSSR count). The van der Waals surface area contributed by atoms with E-state index in [2.05, 4.69) is 20.7 Å². The van der Waals surface area contributed by atoms with E-state index in [-0.39, 0.29) is 24.0 Å². The molecule has 3 aliphatic rings. The Hall–Kier alpha value is -0.440. The molecular formula is C16H27F4N3O. The van der Waals surface area contributed by atoms with Crippen molar-refractivity contribution in [3.8, 4) is 0 Å². The molecule has 0 bridgehead atoms. The van der Waals surface area contributed by atoms with E-state index < -0.39 is 18.6 Å². The fourth-order valence-corrected chi connectivity index (χ4v) is 4.41. The van der Waals surface area contributed by atoms with E-state index in [1.54, 1.807) is 0 Å². The molecule has 0 spiro atoms. The fourth-order valence-electron chi connectivity index (χ4n) is 4.41. The molecule has 0 aromatic heterocycles. The molecule has 0 radical (unpaired) electrons. The van der Waals surface area contributed by atoms with Crippen LogP contribution in [0.25, 0.3) is 0 Å². The number of alkyl halides is 4. The molecule has 3 unspecified atom stereocenters. The number of halogens is 4. The highest BCUT2D eigenvalue weighted by Gasteiger charge is 2.41. The summed E-state index contributed by atoms with van der Waals surface area (Å²) >= 11 is 0. The third-order valence-electron chi connectivity index (χ3n) is 5.61. The van der Waals surface area contributed by atoms with Crippen molar-refractivity contribution in [1.82, 2.24) is 16.0 Å². The molecule has 140 valence electrons. The van der Waals surface area contributed by atoms with Crippen molar-refractivity contribution < 1.29 is 22.3 Å². The molecule has 4 nitrogen and oxygen atoms in total. The number of nitrogens with one attached hydrogen (secondary N) is 3. The maximum Gasteiger partial charge on any atom is 0.522 e. The lowest BCUT2D eigenvalue weighted by Gasteiger charge is -2.43. The van der Waals surface area contributed by atoms with Crippen LogP contribution in [0.5, 0.6) is 0 Å². The van der Waals surface area contributed by atoms with E-state index in [0.29, 0.717) is 32.1 Å². The second kappa shape index (κ2) is 7.85.